The van der Waals surface area contributed by atoms with Crippen LogP contribution in [0.15, 0.2) is 97.1 Å². The Morgan fingerprint density at radius 2 is 1.59 bits per heavy atom. The second-order valence-electron chi connectivity index (χ2n) is 9.92. The topological polar surface area (TPSA) is 102 Å². The molecule has 46 heavy (non-hydrogen) atoms. The fourth-order valence-electron chi connectivity index (χ4n) is 4.69. The van der Waals surface area contributed by atoms with Gasteiger partial charge < -0.3 is 10.1 Å². The van der Waals surface area contributed by atoms with E-state index in [0.29, 0.717) is 16.2 Å². The molecular weight excluding hydrogens is 611 g/mol. The van der Waals surface area contributed by atoms with Crippen LogP contribution in [-0.2, 0) is 28.9 Å². The first-order valence-electron chi connectivity index (χ1n) is 13.7. The molecule has 0 bridgehead atoms. The molecule has 0 saturated heterocycles. The lowest BCUT2D eigenvalue weighted by molar-refractivity contribution is -0.137. The Balaban J connectivity index is 1.56. The number of ether oxygens (including phenoxy) is 1. The monoisotopic (exact) mass is 636 g/mol. The zero-order valence-electron chi connectivity index (χ0n) is 24.1. The Bertz CT molecular complexity index is 1830. The normalized spacial score (nSPS) is 12.0. The molecule has 236 valence electrons. The molecule has 5 aromatic rings. The van der Waals surface area contributed by atoms with Gasteiger partial charge in [-0.3, -0.25) is 14.5 Å². The lowest BCUT2D eigenvalue weighted by Crippen LogP contribution is -2.46. The summed E-state index contributed by atoms with van der Waals surface area (Å²) >= 11 is 0. The number of rotatable bonds is 10. The lowest BCUT2D eigenvalue weighted by atomic mass is 10.0. The molecule has 14 heteroatoms. The quantitative estimate of drug-likeness (QED) is 0.196. The number of nitrogens with one attached hydrogen (secondary N) is 1. The molecule has 0 spiro atoms. The molecular formula is C32H25F5N6O3. The standard InChI is InChI=1S/C32H25F5N6O3/c1-46-23-16-10-20(11-17-23)18-38-31(45)29(21-12-14-22(33)15-13-21)43(27-9-5-3-7-25(27)32(35,36)37)28(44)19-42-40-30(39-41-42)24-6-2-4-8-26(24)34/h2-17,29H,18-19H2,1H3,(H,38,45). The van der Waals surface area contributed by atoms with Gasteiger partial charge in [-0.1, -0.05) is 48.5 Å². The first-order valence-corrected chi connectivity index (χ1v) is 13.7. The predicted molar refractivity (Wildman–Crippen MR) is 156 cm³/mol. The second kappa shape index (κ2) is 13.5. The average molecular weight is 637 g/mol. The molecule has 1 atom stereocenters. The Labute approximate surface area is 259 Å². The summed E-state index contributed by atoms with van der Waals surface area (Å²) < 4.78 is 76.3. The van der Waals surface area contributed by atoms with Gasteiger partial charge in [-0.2, -0.15) is 18.0 Å². The molecule has 4 aromatic carbocycles. The number of carbonyl (C=O) groups is 2. The molecule has 9 nitrogen and oxygen atoms in total. The molecule has 2 amide bonds. The van der Waals surface area contributed by atoms with Crippen molar-refractivity contribution in [2.24, 2.45) is 0 Å². The summed E-state index contributed by atoms with van der Waals surface area (Å²) in [4.78, 5) is 29.4. The largest absolute Gasteiger partial charge is 0.497 e. The smallest absolute Gasteiger partial charge is 0.418 e. The fourth-order valence-corrected chi connectivity index (χ4v) is 4.69. The molecule has 0 saturated carbocycles. The summed E-state index contributed by atoms with van der Waals surface area (Å²) in [6.07, 6.45) is -4.93. The maximum absolute atomic E-state index is 14.3. The number of amides is 2. The van der Waals surface area contributed by atoms with Crippen LogP contribution in [0.5, 0.6) is 5.75 Å². The van der Waals surface area contributed by atoms with Gasteiger partial charge in [0.15, 0.2) is 0 Å². The number of aromatic nitrogens is 4. The summed E-state index contributed by atoms with van der Waals surface area (Å²) in [6.45, 7) is -0.836. The first kappa shape index (κ1) is 31.8. The molecule has 1 unspecified atom stereocenters. The van der Waals surface area contributed by atoms with Crippen molar-refractivity contribution >= 4 is 17.5 Å². The number of halogens is 5. The number of hydrogen-bond donors (Lipinski definition) is 1. The highest BCUT2D eigenvalue weighted by molar-refractivity contribution is 6.01. The third-order valence-electron chi connectivity index (χ3n) is 6.90. The third kappa shape index (κ3) is 7.17. The van der Waals surface area contributed by atoms with Crippen molar-refractivity contribution < 1.29 is 36.3 Å². The average Bonchev–Trinajstić information content (AvgIpc) is 3.51. The van der Waals surface area contributed by atoms with Gasteiger partial charge in [-0.05, 0) is 64.9 Å². The SMILES string of the molecule is COc1ccc(CNC(=O)C(c2ccc(F)cc2)N(C(=O)Cn2nnc(-c3ccccc3F)n2)c2ccccc2C(F)(F)F)cc1. The molecule has 5 rings (SSSR count). The molecule has 0 aliphatic carbocycles. The maximum Gasteiger partial charge on any atom is 0.418 e. The van der Waals surface area contributed by atoms with Crippen molar-refractivity contribution in [2.45, 2.75) is 25.3 Å². The minimum atomic E-state index is -4.93. The molecule has 0 fully saturated rings. The second-order valence-corrected chi connectivity index (χ2v) is 9.92. The van der Waals surface area contributed by atoms with Gasteiger partial charge in [0.05, 0.1) is 23.9 Å². The van der Waals surface area contributed by atoms with E-state index < -0.39 is 53.5 Å². The summed E-state index contributed by atoms with van der Waals surface area (Å²) in [5.74, 6) is -2.81. The number of benzene rings is 4. The summed E-state index contributed by atoms with van der Waals surface area (Å²) in [5, 5.41) is 14.3. The van der Waals surface area contributed by atoms with Crippen LogP contribution >= 0.6 is 0 Å². The Morgan fingerprint density at radius 3 is 2.26 bits per heavy atom. The van der Waals surface area contributed by atoms with Crippen LogP contribution in [0.3, 0.4) is 0 Å². The van der Waals surface area contributed by atoms with Crippen molar-refractivity contribution in [3.63, 3.8) is 0 Å². The van der Waals surface area contributed by atoms with Crippen molar-refractivity contribution in [1.29, 1.82) is 0 Å². The lowest BCUT2D eigenvalue weighted by Gasteiger charge is -2.33. The van der Waals surface area contributed by atoms with Gasteiger partial charge in [0.25, 0.3) is 5.91 Å². The maximum atomic E-state index is 14.3. The number of carbonyl (C=O) groups excluding carboxylic acids is 2. The summed E-state index contributed by atoms with van der Waals surface area (Å²) in [5.41, 5.74) is -1.19. The van der Waals surface area contributed by atoms with E-state index in [1.165, 1.54) is 49.6 Å². The highest BCUT2D eigenvalue weighted by Crippen LogP contribution is 2.40. The summed E-state index contributed by atoms with van der Waals surface area (Å²) in [6, 6.07) is 19.2. The highest BCUT2D eigenvalue weighted by Gasteiger charge is 2.40. The Morgan fingerprint density at radius 1 is 0.913 bits per heavy atom. The van der Waals surface area contributed by atoms with Gasteiger partial charge in [-0.15, -0.1) is 10.2 Å². The van der Waals surface area contributed by atoms with E-state index in [9.17, 15) is 31.5 Å². The highest BCUT2D eigenvalue weighted by atomic mass is 19.4. The number of anilines is 1. The fraction of sp³-hybridized carbons (Fsp3) is 0.156. The Kier molecular flexibility index (Phi) is 9.35. The zero-order chi connectivity index (χ0) is 32.8. The van der Waals surface area contributed by atoms with E-state index in [0.717, 1.165) is 35.1 Å². The van der Waals surface area contributed by atoms with Gasteiger partial charge in [0.2, 0.25) is 11.7 Å². The molecule has 0 aliphatic heterocycles. The van der Waals surface area contributed by atoms with Gasteiger partial charge in [0, 0.05) is 6.54 Å². The van der Waals surface area contributed by atoms with E-state index in [1.807, 2.05) is 0 Å². The minimum Gasteiger partial charge on any atom is -0.497 e. The molecule has 1 heterocycles. The number of tetrazole rings is 1. The van der Waals surface area contributed by atoms with Crippen molar-refractivity contribution in [2.75, 3.05) is 12.0 Å². The minimum absolute atomic E-state index is 0.0115. The van der Waals surface area contributed by atoms with E-state index in [-0.39, 0.29) is 23.5 Å². The van der Waals surface area contributed by atoms with E-state index >= 15 is 0 Å². The van der Waals surface area contributed by atoms with Crippen LogP contribution < -0.4 is 15.0 Å². The van der Waals surface area contributed by atoms with Crippen molar-refractivity contribution in [3.05, 3.63) is 125 Å². The van der Waals surface area contributed by atoms with E-state index in [4.69, 9.17) is 4.74 Å². The predicted octanol–water partition coefficient (Wildman–Crippen LogP) is 5.74. The number of alkyl halides is 3. The van der Waals surface area contributed by atoms with E-state index in [2.05, 4.69) is 20.7 Å². The summed E-state index contributed by atoms with van der Waals surface area (Å²) in [7, 11) is 1.49. The van der Waals surface area contributed by atoms with E-state index in [1.54, 1.807) is 24.3 Å². The molecule has 1 N–H and O–H groups in total. The van der Waals surface area contributed by atoms with Crippen molar-refractivity contribution in [3.8, 4) is 17.1 Å². The van der Waals surface area contributed by atoms with Gasteiger partial charge in [0.1, 0.15) is 30.0 Å². The number of methoxy groups -OCH3 is 1. The van der Waals surface area contributed by atoms with Crippen molar-refractivity contribution in [1.82, 2.24) is 25.5 Å². The third-order valence-corrected chi connectivity index (χ3v) is 6.90. The van der Waals surface area contributed by atoms with Crippen LogP contribution in [0.1, 0.15) is 22.7 Å². The molecule has 0 radical (unpaired) electrons. The molecule has 0 aliphatic rings. The number of nitrogens with zero attached hydrogens (tertiary/aromatic N) is 5. The van der Waals surface area contributed by atoms with Crippen LogP contribution in [-0.4, -0.2) is 39.1 Å². The number of hydrogen-bond acceptors (Lipinski definition) is 6. The van der Waals surface area contributed by atoms with Gasteiger partial charge >= 0.3 is 6.18 Å². The number of para-hydroxylation sites is 1. The Hall–Kier alpha value is -5.66. The van der Waals surface area contributed by atoms with Crippen LogP contribution in [0, 0.1) is 11.6 Å². The van der Waals surface area contributed by atoms with Crippen LogP contribution in [0.25, 0.3) is 11.4 Å². The van der Waals surface area contributed by atoms with Gasteiger partial charge in [-0.25, -0.2) is 8.78 Å². The van der Waals surface area contributed by atoms with Crippen LogP contribution in [0.4, 0.5) is 27.6 Å². The first-order chi connectivity index (χ1) is 22.0. The van der Waals surface area contributed by atoms with Crippen LogP contribution in [0.2, 0.25) is 0 Å². The zero-order valence-corrected chi connectivity index (χ0v) is 24.1. The molecule has 1 aromatic heterocycles.